The quantitative estimate of drug-likeness (QED) is 0.549. The molecule has 1 saturated carbocycles. The molecule has 2 aliphatic rings. The van der Waals surface area contributed by atoms with Gasteiger partial charge in [-0.25, -0.2) is 0 Å². The molecule has 30 heavy (non-hydrogen) atoms. The summed E-state index contributed by atoms with van der Waals surface area (Å²) in [4.78, 5) is 12.6. The molecule has 0 bridgehead atoms. The molecular weight excluding hydrogens is 381 g/mol. The fourth-order valence-electron chi connectivity index (χ4n) is 4.50. The number of benzene rings is 2. The average Bonchev–Trinajstić information content (AvgIpc) is 3.38. The van der Waals surface area contributed by atoms with E-state index in [0.29, 0.717) is 5.41 Å². The molecular formula is C23H24BNO5. The summed E-state index contributed by atoms with van der Waals surface area (Å²) >= 11 is 0. The van der Waals surface area contributed by atoms with Crippen LogP contribution in [0.5, 0.6) is 5.75 Å². The maximum atomic E-state index is 12.6. The number of rotatable bonds is 6. The fourth-order valence-corrected chi connectivity index (χ4v) is 4.50. The number of carbonyl (C=O) groups is 1. The van der Waals surface area contributed by atoms with Crippen molar-refractivity contribution in [3.8, 4) is 5.75 Å². The largest absolute Gasteiger partial charge is 0.493 e. The second-order valence-corrected chi connectivity index (χ2v) is 8.43. The molecule has 7 heteroatoms. The third-order valence-corrected chi connectivity index (χ3v) is 6.38. The molecule has 1 unspecified atom stereocenters. The summed E-state index contributed by atoms with van der Waals surface area (Å²) in [5.74, 6) is -0.215. The van der Waals surface area contributed by atoms with E-state index in [0.717, 1.165) is 40.9 Å². The normalized spacial score (nSPS) is 17.3. The Morgan fingerprint density at radius 2 is 2.00 bits per heavy atom. The van der Waals surface area contributed by atoms with Crippen LogP contribution in [0.25, 0.3) is 11.0 Å². The zero-order valence-corrected chi connectivity index (χ0v) is 16.6. The number of hydrogen-bond acceptors (Lipinski definition) is 5. The Kier molecular flexibility index (Phi) is 4.80. The van der Waals surface area contributed by atoms with Gasteiger partial charge in [0.1, 0.15) is 11.3 Å². The van der Waals surface area contributed by atoms with Gasteiger partial charge in [0.15, 0.2) is 0 Å². The first-order chi connectivity index (χ1) is 14.5. The van der Waals surface area contributed by atoms with Crippen molar-refractivity contribution in [2.75, 3.05) is 6.61 Å². The minimum atomic E-state index is -1.68. The predicted octanol–water partition coefficient (Wildman–Crippen LogP) is 2.53. The van der Waals surface area contributed by atoms with E-state index in [2.05, 4.69) is 11.4 Å². The zero-order chi connectivity index (χ0) is 20.7. The van der Waals surface area contributed by atoms with Gasteiger partial charge in [0.05, 0.1) is 25.2 Å². The Labute approximate surface area is 175 Å². The minimum absolute atomic E-state index is 0.152. The van der Waals surface area contributed by atoms with Crippen LogP contribution >= 0.6 is 0 Å². The SMILES string of the molecule is O=C(Cc1ccc2c(c1)OCCC21CC1)NC(Cc1coc2ccccc12)B(O)O. The highest BCUT2D eigenvalue weighted by Gasteiger charge is 2.47. The lowest BCUT2D eigenvalue weighted by Crippen LogP contribution is -2.48. The van der Waals surface area contributed by atoms with Crippen molar-refractivity contribution in [1.82, 2.24) is 5.32 Å². The number of nitrogens with one attached hydrogen (secondary N) is 1. The number of hydrogen-bond donors (Lipinski definition) is 3. The summed E-state index contributed by atoms with van der Waals surface area (Å²) in [5.41, 5.74) is 3.96. The van der Waals surface area contributed by atoms with E-state index in [9.17, 15) is 14.8 Å². The number of fused-ring (bicyclic) bond motifs is 3. The molecule has 154 valence electrons. The number of furan rings is 1. The first-order valence-corrected chi connectivity index (χ1v) is 10.4. The smallest absolute Gasteiger partial charge is 0.475 e. The van der Waals surface area contributed by atoms with Crippen LogP contribution in [-0.2, 0) is 23.1 Å². The highest BCUT2D eigenvalue weighted by atomic mass is 16.5. The molecule has 3 aromatic rings. The first kappa shape index (κ1) is 19.2. The van der Waals surface area contributed by atoms with E-state index in [1.54, 1.807) is 6.26 Å². The van der Waals surface area contributed by atoms with Gasteiger partial charge in [-0.1, -0.05) is 30.3 Å². The molecule has 2 heterocycles. The van der Waals surface area contributed by atoms with Gasteiger partial charge in [-0.2, -0.15) is 0 Å². The van der Waals surface area contributed by atoms with Gasteiger partial charge in [-0.3, -0.25) is 4.79 Å². The van der Waals surface area contributed by atoms with Gasteiger partial charge in [0.2, 0.25) is 5.91 Å². The molecule has 3 N–H and O–H groups in total. The van der Waals surface area contributed by atoms with Gasteiger partial charge in [-0.05, 0) is 48.9 Å². The molecule has 0 saturated heterocycles. The summed E-state index contributed by atoms with van der Waals surface area (Å²) in [6.07, 6.45) is 5.50. The summed E-state index contributed by atoms with van der Waals surface area (Å²) in [5, 5.41) is 23.3. The van der Waals surface area contributed by atoms with Crippen LogP contribution in [-0.4, -0.2) is 35.6 Å². The van der Waals surface area contributed by atoms with Crippen LogP contribution in [0, 0.1) is 0 Å². The standard InChI is InChI=1S/C23H24BNO5/c26-22(12-15-5-6-18-20(11-15)29-10-9-23(18)7-8-23)25-21(24(27)28)13-16-14-30-19-4-2-1-3-17(16)19/h1-6,11,14,21,27-28H,7-10,12-13H2,(H,25,26). The van der Waals surface area contributed by atoms with E-state index < -0.39 is 13.1 Å². The lowest BCUT2D eigenvalue weighted by Gasteiger charge is -2.26. The Bertz CT molecular complexity index is 1090. The second kappa shape index (κ2) is 7.49. The second-order valence-electron chi connectivity index (χ2n) is 8.43. The van der Waals surface area contributed by atoms with Crippen LogP contribution < -0.4 is 10.1 Å². The lowest BCUT2D eigenvalue weighted by atomic mass is 9.75. The van der Waals surface area contributed by atoms with Crippen LogP contribution in [0.3, 0.4) is 0 Å². The monoisotopic (exact) mass is 405 g/mol. The summed E-state index contributed by atoms with van der Waals surface area (Å²) in [6, 6.07) is 13.5. The molecule has 6 nitrogen and oxygen atoms in total. The molecule has 2 aromatic carbocycles. The Balaban J connectivity index is 1.27. The highest BCUT2D eigenvalue weighted by Crippen LogP contribution is 2.55. The van der Waals surface area contributed by atoms with Gasteiger partial charge in [0.25, 0.3) is 0 Å². The molecule has 1 fully saturated rings. The van der Waals surface area contributed by atoms with Crippen molar-refractivity contribution < 1.29 is 24.0 Å². The van der Waals surface area contributed by atoms with E-state index in [-0.39, 0.29) is 18.7 Å². The predicted molar refractivity (Wildman–Crippen MR) is 113 cm³/mol. The molecule has 1 aromatic heterocycles. The van der Waals surface area contributed by atoms with Gasteiger partial charge in [0, 0.05) is 16.4 Å². The summed E-state index contributed by atoms with van der Waals surface area (Å²) in [6.45, 7) is 0.722. The minimum Gasteiger partial charge on any atom is -0.493 e. The first-order valence-electron chi connectivity index (χ1n) is 10.4. The van der Waals surface area contributed by atoms with Crippen molar-refractivity contribution in [3.05, 3.63) is 65.4 Å². The molecule has 0 radical (unpaired) electrons. The summed E-state index contributed by atoms with van der Waals surface area (Å²) in [7, 11) is -1.68. The van der Waals surface area contributed by atoms with Crippen molar-refractivity contribution >= 4 is 24.0 Å². The molecule has 1 aliphatic heterocycles. The van der Waals surface area contributed by atoms with Crippen molar-refractivity contribution in [3.63, 3.8) is 0 Å². The van der Waals surface area contributed by atoms with Gasteiger partial charge >= 0.3 is 7.12 Å². The third-order valence-electron chi connectivity index (χ3n) is 6.38. The molecule has 1 amide bonds. The van der Waals surface area contributed by atoms with E-state index in [1.165, 1.54) is 18.4 Å². The summed E-state index contributed by atoms with van der Waals surface area (Å²) < 4.78 is 11.3. The lowest BCUT2D eigenvalue weighted by molar-refractivity contribution is -0.120. The Morgan fingerprint density at radius 3 is 2.80 bits per heavy atom. The van der Waals surface area contributed by atoms with Crippen LogP contribution in [0.2, 0.25) is 0 Å². The number of ether oxygens (including phenoxy) is 1. The highest BCUT2D eigenvalue weighted by molar-refractivity contribution is 6.43. The number of carbonyl (C=O) groups excluding carboxylic acids is 1. The molecule has 1 atom stereocenters. The van der Waals surface area contributed by atoms with E-state index >= 15 is 0 Å². The molecule has 5 rings (SSSR count). The van der Waals surface area contributed by atoms with Gasteiger partial charge < -0.3 is 24.5 Å². The topological polar surface area (TPSA) is 91.9 Å². The number of para-hydroxylation sites is 1. The van der Waals surface area contributed by atoms with Crippen LogP contribution in [0.4, 0.5) is 0 Å². The van der Waals surface area contributed by atoms with E-state index in [1.807, 2.05) is 36.4 Å². The van der Waals surface area contributed by atoms with Gasteiger partial charge in [-0.15, -0.1) is 0 Å². The van der Waals surface area contributed by atoms with E-state index in [4.69, 9.17) is 9.15 Å². The average molecular weight is 405 g/mol. The molecule has 1 spiro atoms. The number of amides is 1. The Morgan fingerprint density at radius 1 is 1.17 bits per heavy atom. The van der Waals surface area contributed by atoms with Crippen LogP contribution in [0.1, 0.15) is 36.0 Å². The van der Waals surface area contributed by atoms with Crippen molar-refractivity contribution in [1.29, 1.82) is 0 Å². The fraction of sp³-hybridized carbons (Fsp3) is 0.348. The zero-order valence-electron chi connectivity index (χ0n) is 16.6. The molecule has 1 aliphatic carbocycles. The van der Waals surface area contributed by atoms with Crippen LogP contribution in [0.15, 0.2) is 53.1 Å². The maximum absolute atomic E-state index is 12.6. The van der Waals surface area contributed by atoms with Crippen molar-refractivity contribution in [2.45, 2.75) is 43.5 Å². The maximum Gasteiger partial charge on any atom is 0.475 e. The third kappa shape index (κ3) is 3.59. The Hall–Kier alpha value is -2.77. The van der Waals surface area contributed by atoms with Crippen molar-refractivity contribution in [2.24, 2.45) is 0 Å².